The Morgan fingerprint density at radius 3 is 3.07 bits per heavy atom. The summed E-state index contributed by atoms with van der Waals surface area (Å²) in [5.41, 5.74) is -0.517. The molecule has 2 saturated heterocycles. The Bertz CT molecular complexity index is 244. The molecule has 2 rings (SSSR count). The monoisotopic (exact) mass is 198 g/mol. The fourth-order valence-corrected chi connectivity index (χ4v) is 2.51. The zero-order valence-corrected chi connectivity index (χ0v) is 8.62. The van der Waals surface area contributed by atoms with E-state index in [1.165, 1.54) is 0 Å². The van der Waals surface area contributed by atoms with Gasteiger partial charge in [0.15, 0.2) is 0 Å². The number of aliphatic hydroxyl groups is 1. The molecule has 0 bridgehead atoms. The Kier molecular flexibility index (Phi) is 2.49. The molecule has 4 nitrogen and oxygen atoms in total. The Morgan fingerprint density at radius 2 is 2.36 bits per heavy atom. The van der Waals surface area contributed by atoms with Gasteiger partial charge in [-0.3, -0.25) is 4.79 Å². The maximum atomic E-state index is 11.2. The molecule has 0 radical (unpaired) electrons. The highest BCUT2D eigenvalue weighted by Crippen LogP contribution is 2.32. The first-order valence-corrected chi connectivity index (χ1v) is 5.30. The van der Waals surface area contributed by atoms with Crippen LogP contribution in [0.1, 0.15) is 19.8 Å². The molecule has 0 saturated carbocycles. The number of carbonyl (C=O) groups is 1. The van der Waals surface area contributed by atoms with Crippen molar-refractivity contribution >= 4 is 5.91 Å². The lowest BCUT2D eigenvalue weighted by atomic mass is 9.76. The van der Waals surface area contributed by atoms with Crippen LogP contribution < -0.4 is 5.32 Å². The Labute approximate surface area is 84.3 Å². The van der Waals surface area contributed by atoms with Crippen LogP contribution in [0, 0.1) is 5.92 Å². The van der Waals surface area contributed by atoms with Gasteiger partial charge in [0.25, 0.3) is 0 Å². The van der Waals surface area contributed by atoms with Gasteiger partial charge in [-0.05, 0) is 19.4 Å². The van der Waals surface area contributed by atoms with Gasteiger partial charge in [-0.1, -0.05) is 0 Å². The summed E-state index contributed by atoms with van der Waals surface area (Å²) < 4.78 is 0. The van der Waals surface area contributed by atoms with Gasteiger partial charge in [-0.15, -0.1) is 0 Å². The lowest BCUT2D eigenvalue weighted by Crippen LogP contribution is -2.59. The van der Waals surface area contributed by atoms with E-state index in [4.69, 9.17) is 0 Å². The van der Waals surface area contributed by atoms with Gasteiger partial charge in [0, 0.05) is 32.5 Å². The zero-order chi connectivity index (χ0) is 10.2. The van der Waals surface area contributed by atoms with Crippen molar-refractivity contribution in [3.8, 4) is 0 Å². The average molecular weight is 198 g/mol. The van der Waals surface area contributed by atoms with Crippen LogP contribution in [0.25, 0.3) is 0 Å². The molecule has 0 aromatic rings. The van der Waals surface area contributed by atoms with Crippen molar-refractivity contribution in [2.45, 2.75) is 25.4 Å². The second-order valence-corrected chi connectivity index (χ2v) is 4.47. The molecule has 4 heteroatoms. The van der Waals surface area contributed by atoms with Crippen molar-refractivity contribution in [1.82, 2.24) is 10.2 Å². The zero-order valence-electron chi connectivity index (χ0n) is 8.62. The maximum Gasteiger partial charge on any atom is 0.219 e. The summed E-state index contributed by atoms with van der Waals surface area (Å²) >= 11 is 0. The van der Waals surface area contributed by atoms with Crippen molar-refractivity contribution in [3.05, 3.63) is 0 Å². The average Bonchev–Trinajstić information content (AvgIpc) is 2.16. The predicted molar refractivity (Wildman–Crippen MR) is 52.8 cm³/mol. The third-order valence-corrected chi connectivity index (χ3v) is 3.59. The van der Waals surface area contributed by atoms with Crippen molar-refractivity contribution in [2.75, 3.05) is 26.2 Å². The van der Waals surface area contributed by atoms with E-state index in [-0.39, 0.29) is 11.8 Å². The number of rotatable bonds is 0. The topological polar surface area (TPSA) is 52.6 Å². The fraction of sp³-hybridized carbons (Fsp3) is 0.900. The van der Waals surface area contributed by atoms with Gasteiger partial charge >= 0.3 is 0 Å². The normalized spacial score (nSPS) is 37.9. The highest BCUT2D eigenvalue weighted by molar-refractivity contribution is 5.73. The van der Waals surface area contributed by atoms with Crippen molar-refractivity contribution in [3.63, 3.8) is 0 Å². The molecule has 0 aliphatic carbocycles. The second-order valence-electron chi connectivity index (χ2n) is 4.47. The maximum absolute atomic E-state index is 11.2. The van der Waals surface area contributed by atoms with E-state index in [0.29, 0.717) is 13.1 Å². The van der Waals surface area contributed by atoms with E-state index in [2.05, 4.69) is 5.32 Å². The summed E-state index contributed by atoms with van der Waals surface area (Å²) in [4.78, 5) is 13.0. The molecule has 1 amide bonds. The fourth-order valence-electron chi connectivity index (χ4n) is 2.51. The molecule has 2 aliphatic heterocycles. The van der Waals surface area contributed by atoms with E-state index in [1.807, 2.05) is 4.90 Å². The lowest BCUT2D eigenvalue weighted by molar-refractivity contribution is -0.139. The van der Waals surface area contributed by atoms with Crippen LogP contribution in [0.15, 0.2) is 0 Å². The number of piperidine rings is 2. The molecule has 2 atom stereocenters. The smallest absolute Gasteiger partial charge is 0.219 e. The van der Waals surface area contributed by atoms with E-state index < -0.39 is 5.60 Å². The van der Waals surface area contributed by atoms with Crippen LogP contribution in [-0.2, 0) is 4.79 Å². The molecule has 80 valence electrons. The molecule has 0 spiro atoms. The third kappa shape index (κ3) is 1.64. The largest absolute Gasteiger partial charge is 0.389 e. The number of hydrogen-bond acceptors (Lipinski definition) is 3. The number of fused-ring (bicyclic) bond motifs is 1. The standard InChI is InChI=1S/C10H18N2O2/c1-8(13)12-5-3-10(14)2-4-11-6-9(10)7-12/h9,11,14H,2-7H2,1H3/t9-,10+/m0/s1. The minimum Gasteiger partial charge on any atom is -0.389 e. The van der Waals surface area contributed by atoms with E-state index in [0.717, 1.165) is 25.9 Å². The Balaban J connectivity index is 2.05. The minimum absolute atomic E-state index is 0.123. The molecule has 0 unspecified atom stereocenters. The molecule has 2 aliphatic rings. The first kappa shape index (κ1) is 9.93. The van der Waals surface area contributed by atoms with Gasteiger partial charge in [0.1, 0.15) is 0 Å². The van der Waals surface area contributed by atoms with Crippen LogP contribution in [0.2, 0.25) is 0 Å². The van der Waals surface area contributed by atoms with Gasteiger partial charge in [-0.25, -0.2) is 0 Å². The second kappa shape index (κ2) is 3.51. The van der Waals surface area contributed by atoms with Crippen LogP contribution >= 0.6 is 0 Å². The van der Waals surface area contributed by atoms with Crippen LogP contribution in [0.5, 0.6) is 0 Å². The van der Waals surface area contributed by atoms with Crippen molar-refractivity contribution in [1.29, 1.82) is 0 Å². The lowest BCUT2D eigenvalue weighted by Gasteiger charge is -2.47. The van der Waals surface area contributed by atoms with E-state index in [9.17, 15) is 9.90 Å². The molecule has 2 heterocycles. The van der Waals surface area contributed by atoms with E-state index in [1.54, 1.807) is 6.92 Å². The number of nitrogens with one attached hydrogen (secondary N) is 1. The van der Waals surface area contributed by atoms with E-state index >= 15 is 0 Å². The number of amides is 1. The molecular formula is C10H18N2O2. The molecule has 2 N–H and O–H groups in total. The first-order valence-electron chi connectivity index (χ1n) is 5.30. The molecule has 0 aromatic carbocycles. The Morgan fingerprint density at radius 1 is 1.57 bits per heavy atom. The van der Waals surface area contributed by atoms with Crippen LogP contribution in [0.3, 0.4) is 0 Å². The van der Waals surface area contributed by atoms with Gasteiger partial charge < -0.3 is 15.3 Å². The summed E-state index contributed by atoms with van der Waals surface area (Å²) in [6.45, 7) is 4.75. The summed E-state index contributed by atoms with van der Waals surface area (Å²) in [6.07, 6.45) is 1.56. The minimum atomic E-state index is -0.517. The van der Waals surface area contributed by atoms with Crippen molar-refractivity contribution in [2.24, 2.45) is 5.92 Å². The predicted octanol–water partition coefficient (Wildman–Crippen LogP) is -0.421. The van der Waals surface area contributed by atoms with Crippen LogP contribution in [0.4, 0.5) is 0 Å². The summed E-state index contributed by atoms with van der Waals surface area (Å²) in [5, 5.41) is 13.6. The SMILES string of the molecule is CC(=O)N1CC[C@]2(O)CCNC[C@H]2C1. The summed E-state index contributed by atoms with van der Waals surface area (Å²) in [6, 6.07) is 0. The highest BCUT2D eigenvalue weighted by atomic mass is 16.3. The molecule has 14 heavy (non-hydrogen) atoms. The number of nitrogens with zero attached hydrogens (tertiary/aromatic N) is 1. The first-order chi connectivity index (χ1) is 6.62. The molecule has 2 fully saturated rings. The Hall–Kier alpha value is -0.610. The number of carbonyl (C=O) groups excluding carboxylic acids is 1. The molecule has 0 aromatic heterocycles. The van der Waals surface area contributed by atoms with Gasteiger partial charge in [0.05, 0.1) is 5.60 Å². The third-order valence-electron chi connectivity index (χ3n) is 3.59. The van der Waals surface area contributed by atoms with Crippen LogP contribution in [-0.4, -0.2) is 47.7 Å². The quantitative estimate of drug-likeness (QED) is 0.556. The summed E-state index contributed by atoms with van der Waals surface area (Å²) in [5.74, 6) is 0.339. The summed E-state index contributed by atoms with van der Waals surface area (Å²) in [7, 11) is 0. The highest BCUT2D eigenvalue weighted by Gasteiger charge is 2.43. The molecular weight excluding hydrogens is 180 g/mol. The van der Waals surface area contributed by atoms with Gasteiger partial charge in [-0.2, -0.15) is 0 Å². The van der Waals surface area contributed by atoms with Crippen molar-refractivity contribution < 1.29 is 9.90 Å². The van der Waals surface area contributed by atoms with Gasteiger partial charge in [0.2, 0.25) is 5.91 Å². The number of hydrogen-bond donors (Lipinski definition) is 2. The number of likely N-dealkylation sites (tertiary alicyclic amines) is 1.